The molecule has 0 spiro atoms. The zero-order valence-corrected chi connectivity index (χ0v) is 73.5. The molecule has 25 nitrogen and oxygen atoms in total. The van der Waals surface area contributed by atoms with Crippen molar-refractivity contribution >= 4 is 24.4 Å². The summed E-state index contributed by atoms with van der Waals surface area (Å²) in [4.78, 5) is 40.2. The summed E-state index contributed by atoms with van der Waals surface area (Å²) in [5.41, 5.74) is 26.2. The Hall–Kier alpha value is -1.34. The summed E-state index contributed by atoms with van der Waals surface area (Å²) in [5.74, 6) is 0.287. The summed E-state index contributed by atoms with van der Waals surface area (Å²) < 4.78 is 125. The molecule has 6 aliphatic rings. The van der Waals surface area contributed by atoms with Crippen molar-refractivity contribution in [3.05, 3.63) is 44.6 Å². The first-order chi connectivity index (χ1) is 50.1. The minimum absolute atomic E-state index is 0. The number of alkyl halides is 6. The van der Waals surface area contributed by atoms with Gasteiger partial charge >= 0.3 is 75.4 Å². The molecule has 0 bridgehead atoms. The third-order valence-electron chi connectivity index (χ3n) is 17.0. The van der Waals surface area contributed by atoms with Gasteiger partial charge < -0.3 is 162 Å². The Bertz CT molecular complexity index is 1690. The van der Waals surface area contributed by atoms with Gasteiger partial charge in [-0.15, -0.1) is 0 Å². The number of carbonyl (C=O) groups excluding carboxylic acids is 4. The minimum Gasteiger partial charge on any atom is -0.459 e. The van der Waals surface area contributed by atoms with E-state index in [0.717, 1.165) is 134 Å². The average molecular weight is 1810 g/mol. The molecular formula is C81H174F6Fe3N10O15. The molecule has 6 saturated carbocycles. The van der Waals surface area contributed by atoms with Crippen LogP contribution in [-0.4, -0.2) is 267 Å². The standard InChI is InChI=1S/C14H25F3N2O3.3C12H26N2O2.C6H16N2O2.2C6H10O.C4H5F3O2.3CH4.6CH3.3Fe/c15-14(16,17)13(20)19-6-8-22-10-9-21-7-5-18-11-12-3-1-2-4-12;3*13-5-7-15-9-10-16-8-6-14-11-12-3-1-2-4-12;7-1-3-9-5-6-10-4-2-8;2*7-5-6-3-1-2-4-6;1-2-9-3(8)4(5,6)7;;;;;;;;;;;;/h12,18H,1-11H2,(H,19,20);3*12,14H,1-11,13H2;1-8H2;2*5-6H,1-4H2;2H2,1H3;3*1H4;6*1H3;;;/q;;;;;;;;;;;6*-1;3*+2. The molecule has 34 heteroatoms. The van der Waals surface area contributed by atoms with E-state index in [1.54, 1.807) is 5.32 Å². The van der Waals surface area contributed by atoms with E-state index in [-0.39, 0.29) is 138 Å². The monoisotopic (exact) mass is 1810 g/mol. The van der Waals surface area contributed by atoms with Gasteiger partial charge in [0.2, 0.25) is 0 Å². The predicted octanol–water partition coefficient (Wildman–Crippen LogP) is 11.2. The Labute approximate surface area is 730 Å². The maximum Gasteiger partial charge on any atom is 2.00 e. The molecule has 6 rings (SSSR count). The number of carbonyl (C=O) groups is 4. The molecule has 0 unspecified atom stereocenters. The van der Waals surface area contributed by atoms with E-state index in [4.69, 9.17) is 76.0 Å². The number of amides is 1. The molecule has 0 heterocycles. The van der Waals surface area contributed by atoms with Gasteiger partial charge in [0.05, 0.1) is 139 Å². The second-order valence-corrected chi connectivity index (χ2v) is 25.8. The molecule has 115 heavy (non-hydrogen) atoms. The van der Waals surface area contributed by atoms with Gasteiger partial charge in [0.25, 0.3) is 0 Å². The zero-order chi connectivity index (χ0) is 76.1. The number of nitrogens with one attached hydrogen (secondary N) is 5. The van der Waals surface area contributed by atoms with Crippen LogP contribution in [0.4, 0.5) is 26.3 Å². The van der Waals surface area contributed by atoms with E-state index >= 15 is 0 Å². The fraction of sp³-hybridized carbons (Fsp3) is 0.877. The van der Waals surface area contributed by atoms with E-state index in [1.165, 1.54) is 135 Å². The summed E-state index contributed by atoms with van der Waals surface area (Å²) >= 11 is 0. The number of hydrogen-bond acceptors (Lipinski definition) is 24. The molecule has 0 aromatic heterocycles. The molecule has 0 saturated heterocycles. The Morgan fingerprint density at radius 2 is 0.513 bits per heavy atom. The van der Waals surface area contributed by atoms with Crippen LogP contribution in [0, 0.1) is 80.1 Å². The number of halogens is 6. The number of ether oxygens (including phenoxy) is 11. The number of aldehydes is 2. The van der Waals surface area contributed by atoms with Crippen molar-refractivity contribution in [2.24, 2.45) is 64.2 Å². The second-order valence-electron chi connectivity index (χ2n) is 25.8. The topological polar surface area (TPSA) is 360 Å². The molecule has 0 aromatic rings. The summed E-state index contributed by atoms with van der Waals surface area (Å²) in [6, 6.07) is 0. The van der Waals surface area contributed by atoms with Gasteiger partial charge in [-0.25, -0.2) is 4.79 Å². The van der Waals surface area contributed by atoms with E-state index < -0.39 is 24.2 Å². The second kappa shape index (κ2) is 113. The van der Waals surface area contributed by atoms with Crippen molar-refractivity contribution in [3.63, 3.8) is 0 Å². The molecule has 6 fully saturated rings. The van der Waals surface area contributed by atoms with Crippen LogP contribution in [0.5, 0.6) is 0 Å². The van der Waals surface area contributed by atoms with Crippen LogP contribution in [0.1, 0.15) is 183 Å². The molecule has 1 amide bonds. The first kappa shape index (κ1) is 145. The van der Waals surface area contributed by atoms with Gasteiger partial charge in [-0.3, -0.25) is 4.79 Å². The first-order valence-corrected chi connectivity index (χ1v) is 38.7. The first-order valence-electron chi connectivity index (χ1n) is 38.7. The Morgan fingerprint density at radius 3 is 0.670 bits per heavy atom. The van der Waals surface area contributed by atoms with Gasteiger partial charge in [-0.05, 0) is 134 Å². The summed E-state index contributed by atoms with van der Waals surface area (Å²) in [7, 11) is 0. The number of hydrogen-bond donors (Lipinski definition) is 10. The number of nitrogens with two attached hydrogens (primary N) is 5. The van der Waals surface area contributed by atoms with Crippen LogP contribution >= 0.6 is 0 Å². The predicted molar refractivity (Wildman–Crippen MR) is 449 cm³/mol. The number of rotatable bonds is 51. The quantitative estimate of drug-likeness (QED) is 0.00675. The Kier molecular flexibility index (Phi) is 142. The molecule has 704 valence electrons. The van der Waals surface area contributed by atoms with E-state index in [9.17, 15) is 45.5 Å². The van der Waals surface area contributed by atoms with Crippen LogP contribution in [0.15, 0.2) is 0 Å². The van der Waals surface area contributed by atoms with E-state index in [0.29, 0.717) is 150 Å². The Balaban J connectivity index is -0.0000000852. The third kappa shape index (κ3) is 107. The zero-order valence-electron chi connectivity index (χ0n) is 70.2. The van der Waals surface area contributed by atoms with Crippen LogP contribution in [0.25, 0.3) is 0 Å². The average Bonchev–Trinajstić information content (AvgIpc) is 1.48. The molecule has 15 N–H and O–H groups in total. The maximum atomic E-state index is 11.8. The SMILES string of the molecule is C.C.C.CCOC(=O)C(F)(F)F.NCCOCCOCCN.NCCOCCOCCNCC1CCCC1.NCCOCCOCCNCC1CCCC1.NCCOCCOCCNCC1CCCC1.O=C(NCCOCCOCCNCC1CCCC1)C(F)(F)F.O=CC1CCCC1.O=CC1CCCC1.[CH3-].[CH3-].[CH3-].[CH3-].[CH3-].[CH3-].[Fe+2].[Fe+2].[Fe+2]. The smallest absolute Gasteiger partial charge is 0.459 e. The molecule has 0 aromatic carbocycles. The van der Waals surface area contributed by atoms with Crippen LogP contribution in [-0.2, 0) is 122 Å². The maximum absolute atomic E-state index is 11.8. The van der Waals surface area contributed by atoms with Crippen molar-refractivity contribution < 1.29 is 149 Å². The Morgan fingerprint density at radius 1 is 0.322 bits per heavy atom. The molecule has 0 aliphatic heterocycles. The van der Waals surface area contributed by atoms with Crippen LogP contribution < -0.4 is 55.3 Å². The van der Waals surface area contributed by atoms with Gasteiger partial charge in [-0.1, -0.05) is 99.3 Å². The molecule has 0 radical (unpaired) electrons. The summed E-state index contributed by atoms with van der Waals surface area (Å²) in [6.07, 6.45) is 24.4. The molecule has 0 atom stereocenters. The number of esters is 1. The van der Waals surface area contributed by atoms with Crippen molar-refractivity contribution in [2.45, 2.75) is 196 Å². The largest absolute Gasteiger partial charge is 2.00 e. The van der Waals surface area contributed by atoms with Gasteiger partial charge in [0, 0.05) is 77.3 Å². The van der Waals surface area contributed by atoms with Crippen LogP contribution in [0.3, 0.4) is 0 Å². The summed E-state index contributed by atoms with van der Waals surface area (Å²) in [6.45, 7) is 23.9. The van der Waals surface area contributed by atoms with E-state index in [1.807, 2.05) is 0 Å². The van der Waals surface area contributed by atoms with Crippen LogP contribution in [0.2, 0.25) is 0 Å². The third-order valence-corrected chi connectivity index (χ3v) is 17.0. The van der Waals surface area contributed by atoms with Crippen molar-refractivity contribution in [2.75, 3.05) is 230 Å². The fourth-order valence-electron chi connectivity index (χ4n) is 11.4. The molecule has 6 aliphatic carbocycles. The van der Waals surface area contributed by atoms with Gasteiger partial charge in [-0.2, -0.15) is 26.3 Å². The minimum atomic E-state index is -4.85. The molecular weight excluding hydrogens is 1630 g/mol. The summed E-state index contributed by atoms with van der Waals surface area (Å²) in [5, 5.41) is 15.4. The fourth-order valence-corrected chi connectivity index (χ4v) is 11.4. The van der Waals surface area contributed by atoms with Gasteiger partial charge in [0.15, 0.2) is 0 Å². The van der Waals surface area contributed by atoms with E-state index in [2.05, 4.69) is 26.0 Å². The van der Waals surface area contributed by atoms with Crippen molar-refractivity contribution in [1.29, 1.82) is 0 Å². The van der Waals surface area contributed by atoms with Gasteiger partial charge in [0.1, 0.15) is 12.6 Å². The van der Waals surface area contributed by atoms with Crippen molar-refractivity contribution in [1.82, 2.24) is 26.6 Å². The normalized spacial score (nSPS) is 14.7. The van der Waals surface area contributed by atoms with Crippen molar-refractivity contribution in [3.8, 4) is 0 Å².